The lowest BCUT2D eigenvalue weighted by Gasteiger charge is -2.11. The van der Waals surface area contributed by atoms with E-state index in [0.29, 0.717) is 10.7 Å². The van der Waals surface area contributed by atoms with Gasteiger partial charge in [-0.05, 0) is 29.8 Å². The molecule has 4 aromatic rings. The molecule has 7 heteroatoms. The Hall–Kier alpha value is -2.86. The van der Waals surface area contributed by atoms with Gasteiger partial charge in [0.1, 0.15) is 5.38 Å². The molecule has 1 unspecified atom stereocenters. The van der Waals surface area contributed by atoms with Crippen LogP contribution in [-0.4, -0.2) is 10.9 Å². The highest BCUT2D eigenvalue weighted by atomic mass is 35.5. The maximum absolute atomic E-state index is 12.4. The zero-order valence-corrected chi connectivity index (χ0v) is 18.0. The molecule has 0 saturated carbocycles. The number of aromatic nitrogens is 1. The smallest absolute Gasteiger partial charge is 0.246 e. The summed E-state index contributed by atoms with van der Waals surface area (Å²) in [7, 11) is 0. The molecule has 1 heterocycles. The Balaban J connectivity index is 1.42. The number of thiazole rings is 1. The largest absolute Gasteiger partial charge is 0.330 e. The van der Waals surface area contributed by atoms with E-state index in [-0.39, 0.29) is 5.91 Å². The number of nitrogens with zero attached hydrogens (tertiary/aromatic N) is 1. The van der Waals surface area contributed by atoms with Gasteiger partial charge in [-0.25, -0.2) is 4.98 Å². The number of halogens is 2. The molecule has 150 valence electrons. The van der Waals surface area contributed by atoms with Crippen LogP contribution in [0.4, 0.5) is 16.5 Å². The van der Waals surface area contributed by atoms with E-state index in [1.807, 2.05) is 84.2 Å². The third kappa shape index (κ3) is 4.82. The van der Waals surface area contributed by atoms with Gasteiger partial charge < -0.3 is 10.6 Å². The van der Waals surface area contributed by atoms with E-state index in [4.69, 9.17) is 23.2 Å². The van der Waals surface area contributed by atoms with Gasteiger partial charge >= 0.3 is 0 Å². The quantitative estimate of drug-likeness (QED) is 0.305. The van der Waals surface area contributed by atoms with E-state index in [0.717, 1.165) is 27.6 Å². The molecule has 1 amide bonds. The molecule has 3 aromatic carbocycles. The van der Waals surface area contributed by atoms with E-state index in [1.54, 1.807) is 0 Å². The summed E-state index contributed by atoms with van der Waals surface area (Å²) in [6, 6.07) is 24.3. The molecule has 1 aromatic heterocycles. The summed E-state index contributed by atoms with van der Waals surface area (Å²) in [6.45, 7) is 0. The summed E-state index contributed by atoms with van der Waals surface area (Å²) in [5.41, 5.74) is 4.03. The SMILES string of the molecule is O=C(Nc1ccc(-c2csc(Nc3ccccc3Cl)n2)cc1)C(Cl)c1ccccc1. The van der Waals surface area contributed by atoms with Crippen molar-refractivity contribution in [1.29, 1.82) is 0 Å². The number of carbonyl (C=O) groups excluding carboxylic acids is 1. The van der Waals surface area contributed by atoms with Gasteiger partial charge in [-0.3, -0.25) is 4.79 Å². The summed E-state index contributed by atoms with van der Waals surface area (Å²) >= 11 is 14.0. The van der Waals surface area contributed by atoms with Crippen LogP contribution in [0.2, 0.25) is 5.02 Å². The predicted octanol–water partition coefficient (Wildman–Crippen LogP) is 7.13. The first kappa shape index (κ1) is 20.4. The lowest BCUT2D eigenvalue weighted by molar-refractivity contribution is -0.116. The van der Waals surface area contributed by atoms with Crippen molar-refractivity contribution in [2.24, 2.45) is 0 Å². The van der Waals surface area contributed by atoms with Crippen LogP contribution in [0.1, 0.15) is 10.9 Å². The Morgan fingerprint density at radius 2 is 1.63 bits per heavy atom. The van der Waals surface area contributed by atoms with Crippen molar-refractivity contribution in [2.45, 2.75) is 5.38 Å². The van der Waals surface area contributed by atoms with Crippen LogP contribution in [0.5, 0.6) is 0 Å². The molecule has 0 aliphatic carbocycles. The number of nitrogens with one attached hydrogen (secondary N) is 2. The highest BCUT2D eigenvalue weighted by Gasteiger charge is 2.17. The molecule has 0 spiro atoms. The molecule has 0 bridgehead atoms. The van der Waals surface area contributed by atoms with Crippen LogP contribution in [-0.2, 0) is 4.79 Å². The summed E-state index contributed by atoms with van der Waals surface area (Å²) in [5.74, 6) is -0.268. The van der Waals surface area contributed by atoms with E-state index < -0.39 is 5.38 Å². The van der Waals surface area contributed by atoms with Gasteiger partial charge in [0.05, 0.1) is 16.4 Å². The van der Waals surface area contributed by atoms with Crippen molar-refractivity contribution in [3.05, 3.63) is 94.8 Å². The average Bonchev–Trinajstić information content (AvgIpc) is 3.24. The molecule has 0 radical (unpaired) electrons. The van der Waals surface area contributed by atoms with E-state index in [1.165, 1.54) is 11.3 Å². The zero-order valence-electron chi connectivity index (χ0n) is 15.7. The number of carbonyl (C=O) groups is 1. The molecular weight excluding hydrogens is 437 g/mol. The molecule has 1 atom stereocenters. The van der Waals surface area contributed by atoms with Gasteiger partial charge in [0.2, 0.25) is 5.91 Å². The summed E-state index contributed by atoms with van der Waals surface area (Å²) in [4.78, 5) is 17.0. The molecule has 0 aliphatic heterocycles. The lowest BCUT2D eigenvalue weighted by Crippen LogP contribution is -2.17. The summed E-state index contributed by atoms with van der Waals surface area (Å²) in [6.07, 6.45) is 0. The van der Waals surface area contributed by atoms with Crippen molar-refractivity contribution >= 4 is 57.0 Å². The maximum Gasteiger partial charge on any atom is 0.246 e. The Morgan fingerprint density at radius 3 is 2.37 bits per heavy atom. The fourth-order valence-corrected chi connectivity index (χ4v) is 3.96. The molecule has 0 aliphatic rings. The Kier molecular flexibility index (Phi) is 6.33. The minimum atomic E-state index is -0.747. The molecule has 4 rings (SSSR count). The lowest BCUT2D eigenvalue weighted by atomic mass is 10.1. The van der Waals surface area contributed by atoms with Crippen LogP contribution in [0.25, 0.3) is 11.3 Å². The van der Waals surface area contributed by atoms with Gasteiger partial charge in [-0.2, -0.15) is 0 Å². The monoisotopic (exact) mass is 453 g/mol. The number of alkyl halides is 1. The van der Waals surface area contributed by atoms with Crippen molar-refractivity contribution in [3.63, 3.8) is 0 Å². The average molecular weight is 454 g/mol. The molecule has 0 saturated heterocycles. The van der Waals surface area contributed by atoms with E-state index in [9.17, 15) is 4.79 Å². The number of hydrogen-bond donors (Lipinski definition) is 2. The van der Waals surface area contributed by atoms with Crippen LogP contribution in [0.3, 0.4) is 0 Å². The van der Waals surface area contributed by atoms with Gasteiger partial charge in [0.25, 0.3) is 0 Å². The number of rotatable bonds is 6. The van der Waals surface area contributed by atoms with Crippen LogP contribution >= 0.6 is 34.5 Å². The fourth-order valence-electron chi connectivity index (χ4n) is 2.84. The minimum absolute atomic E-state index is 0.268. The van der Waals surface area contributed by atoms with Crippen molar-refractivity contribution in [1.82, 2.24) is 4.98 Å². The zero-order chi connectivity index (χ0) is 20.9. The van der Waals surface area contributed by atoms with Crippen molar-refractivity contribution in [3.8, 4) is 11.3 Å². The van der Waals surface area contributed by atoms with Crippen molar-refractivity contribution in [2.75, 3.05) is 10.6 Å². The standard InChI is InChI=1S/C23H17Cl2N3OS/c24-18-8-4-5-9-19(18)27-23-28-20(14-30-23)15-10-12-17(13-11-15)26-22(29)21(25)16-6-2-1-3-7-16/h1-14,21H,(H,26,29)(H,27,28). The van der Waals surface area contributed by atoms with Crippen LogP contribution in [0.15, 0.2) is 84.2 Å². The van der Waals surface area contributed by atoms with Crippen LogP contribution in [0, 0.1) is 0 Å². The Labute approximate surface area is 188 Å². The normalized spacial score (nSPS) is 11.7. The van der Waals surface area contributed by atoms with Gasteiger partial charge in [-0.1, -0.05) is 66.2 Å². The molecule has 0 fully saturated rings. The highest BCUT2D eigenvalue weighted by Crippen LogP contribution is 2.30. The maximum atomic E-state index is 12.4. The number of benzene rings is 3. The topological polar surface area (TPSA) is 54.0 Å². The summed E-state index contributed by atoms with van der Waals surface area (Å²) in [5, 5.41) is 8.69. The van der Waals surface area contributed by atoms with Gasteiger partial charge in [-0.15, -0.1) is 22.9 Å². The second-order valence-electron chi connectivity index (χ2n) is 6.48. The molecular formula is C23H17Cl2N3OS. The first-order valence-corrected chi connectivity index (χ1v) is 10.9. The number of amides is 1. The Morgan fingerprint density at radius 1 is 0.933 bits per heavy atom. The fraction of sp³-hybridized carbons (Fsp3) is 0.0435. The van der Waals surface area contributed by atoms with Gasteiger partial charge in [0, 0.05) is 16.6 Å². The first-order valence-electron chi connectivity index (χ1n) is 9.17. The number of para-hydroxylation sites is 1. The second-order valence-corrected chi connectivity index (χ2v) is 8.18. The Bertz CT molecular complexity index is 1150. The van der Waals surface area contributed by atoms with Crippen molar-refractivity contribution < 1.29 is 4.79 Å². The molecule has 2 N–H and O–H groups in total. The number of anilines is 3. The van der Waals surface area contributed by atoms with Gasteiger partial charge in [0.15, 0.2) is 5.13 Å². The first-order chi connectivity index (χ1) is 14.6. The number of hydrogen-bond acceptors (Lipinski definition) is 4. The molecule has 30 heavy (non-hydrogen) atoms. The van der Waals surface area contributed by atoms with Crippen LogP contribution < -0.4 is 10.6 Å². The third-order valence-corrected chi connectivity index (χ3v) is 5.93. The molecule has 4 nitrogen and oxygen atoms in total. The van der Waals surface area contributed by atoms with E-state index in [2.05, 4.69) is 15.6 Å². The third-order valence-electron chi connectivity index (χ3n) is 4.39. The minimum Gasteiger partial charge on any atom is -0.330 e. The highest BCUT2D eigenvalue weighted by molar-refractivity contribution is 7.14. The van der Waals surface area contributed by atoms with E-state index >= 15 is 0 Å². The predicted molar refractivity (Wildman–Crippen MR) is 126 cm³/mol. The second kappa shape index (κ2) is 9.30. The summed E-state index contributed by atoms with van der Waals surface area (Å²) < 4.78 is 0.